The summed E-state index contributed by atoms with van der Waals surface area (Å²) in [7, 11) is 0.326. The third-order valence-electron chi connectivity index (χ3n) is 1.47. The summed E-state index contributed by atoms with van der Waals surface area (Å²) in [5.74, 6) is 0. The highest BCUT2D eigenvalue weighted by Gasteiger charge is 2.23. The van der Waals surface area contributed by atoms with Gasteiger partial charge in [-0.1, -0.05) is 15.9 Å². The van der Waals surface area contributed by atoms with Gasteiger partial charge in [-0.25, -0.2) is 13.1 Å². The van der Waals surface area contributed by atoms with Crippen LogP contribution in [-0.4, -0.2) is 55.9 Å². The van der Waals surface area contributed by atoms with E-state index in [2.05, 4.69) is 20.7 Å². The van der Waals surface area contributed by atoms with E-state index >= 15 is 0 Å². The number of sulfonamides is 1. The van der Waals surface area contributed by atoms with Crippen molar-refractivity contribution in [1.29, 1.82) is 0 Å². The zero-order chi connectivity index (χ0) is 11.4. The van der Waals surface area contributed by atoms with Crippen molar-refractivity contribution in [3.63, 3.8) is 0 Å². The van der Waals surface area contributed by atoms with E-state index in [-0.39, 0.29) is 11.2 Å². The Morgan fingerprint density at radius 2 is 2.00 bits per heavy atom. The lowest BCUT2D eigenvalue weighted by molar-refractivity contribution is 0.0386. The lowest BCUT2D eigenvalue weighted by Gasteiger charge is -2.26. The summed E-state index contributed by atoms with van der Waals surface area (Å²) in [4.78, 5) is 1.79. The molecule has 0 fully saturated rings. The van der Waals surface area contributed by atoms with Crippen LogP contribution in [0.1, 0.15) is 6.92 Å². The fourth-order valence-corrected chi connectivity index (χ4v) is 2.13. The second kappa shape index (κ2) is 5.41. The number of hydrogen-bond donors (Lipinski definition) is 2. The largest absolute Gasteiger partial charge is 0.387 e. The monoisotopic (exact) mass is 288 g/mol. The summed E-state index contributed by atoms with van der Waals surface area (Å²) in [6.45, 7) is 2.00. The van der Waals surface area contributed by atoms with Crippen LogP contribution in [0.25, 0.3) is 0 Å². The van der Waals surface area contributed by atoms with Crippen LogP contribution in [-0.2, 0) is 10.0 Å². The molecule has 0 aliphatic heterocycles. The van der Waals surface area contributed by atoms with Gasteiger partial charge in [0.25, 0.3) is 0 Å². The first-order chi connectivity index (χ1) is 6.18. The van der Waals surface area contributed by atoms with Crippen molar-refractivity contribution >= 4 is 26.0 Å². The Morgan fingerprint density at radius 1 is 1.50 bits per heavy atom. The molecule has 0 saturated carbocycles. The highest BCUT2D eigenvalue weighted by Crippen LogP contribution is 2.04. The first-order valence-corrected chi connectivity index (χ1v) is 6.86. The molecule has 0 aromatic heterocycles. The van der Waals surface area contributed by atoms with Crippen LogP contribution < -0.4 is 4.72 Å². The zero-order valence-electron chi connectivity index (χ0n) is 8.62. The molecule has 14 heavy (non-hydrogen) atoms. The molecule has 1 atom stereocenters. The summed E-state index contributed by atoms with van der Waals surface area (Å²) >= 11 is 2.85. The molecule has 86 valence electrons. The zero-order valence-corrected chi connectivity index (χ0v) is 11.0. The molecule has 0 rings (SSSR count). The highest BCUT2D eigenvalue weighted by atomic mass is 79.9. The Bertz CT molecular complexity index is 264. The van der Waals surface area contributed by atoms with Crippen molar-refractivity contribution in [2.75, 3.05) is 31.8 Å². The summed E-state index contributed by atoms with van der Waals surface area (Å²) in [6, 6.07) is 0. The van der Waals surface area contributed by atoms with Gasteiger partial charge in [0, 0.05) is 13.1 Å². The van der Waals surface area contributed by atoms with E-state index in [1.807, 2.05) is 14.1 Å². The second-order valence-corrected chi connectivity index (χ2v) is 6.89. The maximum atomic E-state index is 11.0. The minimum Gasteiger partial charge on any atom is -0.387 e. The Morgan fingerprint density at radius 3 is 2.36 bits per heavy atom. The Kier molecular flexibility index (Phi) is 5.53. The van der Waals surface area contributed by atoms with Gasteiger partial charge in [-0.3, -0.25) is 0 Å². The van der Waals surface area contributed by atoms with Gasteiger partial charge in [-0.05, 0) is 21.0 Å². The maximum Gasteiger partial charge on any atom is 0.221 e. The van der Waals surface area contributed by atoms with Crippen LogP contribution in [0.3, 0.4) is 0 Å². The quantitative estimate of drug-likeness (QED) is 0.651. The van der Waals surface area contributed by atoms with Crippen LogP contribution in [0, 0.1) is 0 Å². The van der Waals surface area contributed by atoms with Crippen LogP contribution in [0.4, 0.5) is 0 Å². The summed E-state index contributed by atoms with van der Waals surface area (Å²) in [5, 5.41) is 9.76. The predicted molar refractivity (Wildman–Crippen MR) is 59.9 cm³/mol. The number of hydrogen-bond acceptors (Lipinski definition) is 4. The van der Waals surface area contributed by atoms with Crippen molar-refractivity contribution in [2.24, 2.45) is 0 Å². The number of rotatable bonds is 6. The molecule has 5 nitrogen and oxygen atoms in total. The molecule has 0 radical (unpaired) electrons. The molecule has 1 unspecified atom stereocenters. The SMILES string of the molecule is CN(C)CC(C)(O)CNS(=O)(=O)CBr. The molecular formula is C7H17BrN2O3S. The highest BCUT2D eigenvalue weighted by molar-refractivity contribution is 9.10. The number of halogens is 1. The number of nitrogens with zero attached hydrogens (tertiary/aromatic N) is 1. The predicted octanol–water partition coefficient (Wildman–Crippen LogP) is -0.429. The number of likely N-dealkylation sites (N-methyl/N-ethyl adjacent to an activating group) is 1. The summed E-state index contributed by atoms with van der Waals surface area (Å²) < 4.78 is 24.2. The van der Waals surface area contributed by atoms with E-state index in [1.165, 1.54) is 0 Å². The van der Waals surface area contributed by atoms with Crippen LogP contribution in [0.5, 0.6) is 0 Å². The molecular weight excluding hydrogens is 272 g/mol. The average molecular weight is 289 g/mol. The second-order valence-electron chi connectivity index (χ2n) is 3.78. The Labute approximate surface area is 93.7 Å². The molecule has 0 aliphatic rings. The standard InChI is InChI=1S/C7H17BrN2O3S/c1-7(11,5-10(2)3)4-9-14(12,13)6-8/h9,11H,4-6H2,1-3H3. The van der Waals surface area contributed by atoms with Crippen LogP contribution >= 0.6 is 15.9 Å². The van der Waals surface area contributed by atoms with E-state index in [4.69, 9.17) is 0 Å². The first-order valence-electron chi connectivity index (χ1n) is 4.09. The number of alkyl halides is 1. The molecule has 0 bridgehead atoms. The molecule has 0 heterocycles. The normalized spacial score (nSPS) is 17.0. The lowest BCUT2D eigenvalue weighted by Crippen LogP contribution is -2.47. The molecule has 0 aromatic rings. The average Bonchev–Trinajstić information content (AvgIpc) is 1.99. The topological polar surface area (TPSA) is 69.6 Å². The molecule has 7 heteroatoms. The lowest BCUT2D eigenvalue weighted by atomic mass is 10.1. The molecule has 0 spiro atoms. The fourth-order valence-electron chi connectivity index (χ4n) is 1.04. The van der Waals surface area contributed by atoms with Crippen molar-refractivity contribution < 1.29 is 13.5 Å². The number of nitrogens with one attached hydrogen (secondary N) is 1. The Balaban J connectivity index is 4.12. The minimum atomic E-state index is -3.30. The van der Waals surface area contributed by atoms with Gasteiger partial charge in [0.05, 0.1) is 5.60 Å². The third-order valence-corrected chi connectivity index (χ3v) is 4.15. The number of aliphatic hydroxyl groups is 1. The molecule has 0 saturated heterocycles. The van der Waals surface area contributed by atoms with E-state index in [0.717, 1.165) is 0 Å². The van der Waals surface area contributed by atoms with Gasteiger partial charge in [-0.2, -0.15) is 0 Å². The van der Waals surface area contributed by atoms with Crippen molar-refractivity contribution in [3.05, 3.63) is 0 Å². The maximum absolute atomic E-state index is 11.0. The van der Waals surface area contributed by atoms with Gasteiger partial charge in [0.15, 0.2) is 0 Å². The summed E-state index contributed by atoms with van der Waals surface area (Å²) in [5.41, 5.74) is -1.06. The van der Waals surface area contributed by atoms with E-state index in [0.29, 0.717) is 6.54 Å². The molecule has 0 aliphatic carbocycles. The van der Waals surface area contributed by atoms with Gasteiger partial charge >= 0.3 is 0 Å². The van der Waals surface area contributed by atoms with Crippen molar-refractivity contribution in [1.82, 2.24) is 9.62 Å². The van der Waals surface area contributed by atoms with Crippen LogP contribution in [0.2, 0.25) is 0 Å². The van der Waals surface area contributed by atoms with Gasteiger partial charge in [0.1, 0.15) is 4.66 Å². The van der Waals surface area contributed by atoms with Crippen molar-refractivity contribution in [3.8, 4) is 0 Å². The van der Waals surface area contributed by atoms with Gasteiger partial charge in [-0.15, -0.1) is 0 Å². The van der Waals surface area contributed by atoms with Crippen molar-refractivity contribution in [2.45, 2.75) is 12.5 Å². The fraction of sp³-hybridized carbons (Fsp3) is 1.00. The Hall–Kier alpha value is 0.310. The first kappa shape index (κ1) is 14.3. The van der Waals surface area contributed by atoms with Crippen LogP contribution in [0.15, 0.2) is 0 Å². The van der Waals surface area contributed by atoms with E-state index in [9.17, 15) is 13.5 Å². The van der Waals surface area contributed by atoms with Gasteiger partial charge < -0.3 is 10.0 Å². The van der Waals surface area contributed by atoms with E-state index < -0.39 is 15.6 Å². The molecule has 0 amide bonds. The van der Waals surface area contributed by atoms with E-state index in [1.54, 1.807) is 11.8 Å². The smallest absolute Gasteiger partial charge is 0.221 e. The third kappa shape index (κ3) is 6.72. The summed E-state index contributed by atoms with van der Waals surface area (Å²) in [6.07, 6.45) is 0. The molecule has 2 N–H and O–H groups in total. The molecule has 0 aromatic carbocycles. The van der Waals surface area contributed by atoms with Gasteiger partial charge in [0.2, 0.25) is 10.0 Å². The minimum absolute atomic E-state index is 0.0130.